The zero-order valence-corrected chi connectivity index (χ0v) is 10.4. The Labute approximate surface area is 106 Å². The molecule has 4 nitrogen and oxygen atoms in total. The molecular weight excluding hydrogens is 238 g/mol. The number of para-hydroxylation sites is 1. The third-order valence-electron chi connectivity index (χ3n) is 2.45. The highest BCUT2D eigenvalue weighted by atomic mass is 35.5. The second kappa shape index (κ2) is 6.12. The Morgan fingerprint density at radius 3 is 2.88 bits per heavy atom. The maximum absolute atomic E-state index is 12.1. The molecule has 0 aliphatic rings. The molecule has 0 saturated carbocycles. The van der Waals surface area contributed by atoms with Crippen molar-refractivity contribution < 1.29 is 4.79 Å². The van der Waals surface area contributed by atoms with Crippen LogP contribution in [0.1, 0.15) is 23.7 Å². The van der Waals surface area contributed by atoms with Gasteiger partial charge in [0.1, 0.15) is 0 Å². The number of benzene rings is 1. The fraction of sp³-hybridized carbons (Fsp3) is 0.333. The molecular formula is C12H14ClN3O. The van der Waals surface area contributed by atoms with Crippen molar-refractivity contribution >= 4 is 23.2 Å². The molecule has 1 aromatic carbocycles. The lowest BCUT2D eigenvalue weighted by Gasteiger charge is -2.20. The largest absolute Gasteiger partial charge is 0.397 e. The molecule has 0 saturated heterocycles. The standard InChI is InChI=1S/C12H14ClN3O/c1-2-16(8-4-7-14)12(17)9-5-3-6-10(13)11(9)15/h3,5-6H,2,4,8,15H2,1H3. The molecule has 0 fully saturated rings. The molecule has 0 aliphatic heterocycles. The first-order valence-electron chi connectivity index (χ1n) is 5.32. The van der Waals surface area contributed by atoms with Gasteiger partial charge in [0.25, 0.3) is 5.91 Å². The molecule has 1 amide bonds. The monoisotopic (exact) mass is 251 g/mol. The number of nitrogens with zero attached hydrogens (tertiary/aromatic N) is 2. The van der Waals surface area contributed by atoms with Crippen LogP contribution in [0.5, 0.6) is 0 Å². The Kier molecular flexibility index (Phi) is 4.80. The number of carbonyl (C=O) groups is 1. The number of halogens is 1. The number of carbonyl (C=O) groups excluding carboxylic acids is 1. The van der Waals surface area contributed by atoms with Gasteiger partial charge in [0, 0.05) is 13.1 Å². The van der Waals surface area contributed by atoms with E-state index in [1.54, 1.807) is 23.1 Å². The molecule has 17 heavy (non-hydrogen) atoms. The first-order valence-corrected chi connectivity index (χ1v) is 5.69. The van der Waals surface area contributed by atoms with E-state index in [0.29, 0.717) is 30.1 Å². The Balaban J connectivity index is 2.94. The van der Waals surface area contributed by atoms with Gasteiger partial charge in [-0.1, -0.05) is 17.7 Å². The minimum Gasteiger partial charge on any atom is -0.397 e. The molecule has 0 aromatic heterocycles. The molecule has 2 N–H and O–H groups in total. The summed E-state index contributed by atoms with van der Waals surface area (Å²) in [6.45, 7) is 2.79. The predicted octanol–water partition coefficient (Wildman–Crippen LogP) is 2.30. The second-order valence-electron chi connectivity index (χ2n) is 3.49. The van der Waals surface area contributed by atoms with Crippen molar-refractivity contribution in [1.29, 1.82) is 5.26 Å². The van der Waals surface area contributed by atoms with Gasteiger partial charge in [-0.15, -0.1) is 0 Å². The maximum Gasteiger partial charge on any atom is 0.256 e. The number of hydrogen-bond donors (Lipinski definition) is 1. The summed E-state index contributed by atoms with van der Waals surface area (Å²) >= 11 is 5.86. The Bertz CT molecular complexity index is 454. The molecule has 1 aromatic rings. The smallest absolute Gasteiger partial charge is 0.256 e. The minimum atomic E-state index is -0.192. The lowest BCUT2D eigenvalue weighted by molar-refractivity contribution is 0.0769. The van der Waals surface area contributed by atoms with Crippen molar-refractivity contribution in [3.05, 3.63) is 28.8 Å². The van der Waals surface area contributed by atoms with E-state index < -0.39 is 0 Å². The number of nitrogen functional groups attached to an aromatic ring is 1. The number of hydrogen-bond acceptors (Lipinski definition) is 3. The summed E-state index contributed by atoms with van der Waals surface area (Å²) in [7, 11) is 0. The topological polar surface area (TPSA) is 70.1 Å². The Hall–Kier alpha value is -1.73. The molecule has 0 heterocycles. The molecule has 0 radical (unpaired) electrons. The minimum absolute atomic E-state index is 0.192. The van der Waals surface area contributed by atoms with E-state index >= 15 is 0 Å². The van der Waals surface area contributed by atoms with Crippen LogP contribution in [0.4, 0.5) is 5.69 Å². The lowest BCUT2D eigenvalue weighted by Crippen LogP contribution is -2.32. The highest BCUT2D eigenvalue weighted by Crippen LogP contribution is 2.23. The zero-order chi connectivity index (χ0) is 12.8. The highest BCUT2D eigenvalue weighted by Gasteiger charge is 2.17. The third kappa shape index (κ3) is 3.11. The highest BCUT2D eigenvalue weighted by molar-refractivity contribution is 6.33. The summed E-state index contributed by atoms with van der Waals surface area (Å²) in [5.74, 6) is -0.192. The molecule has 0 atom stereocenters. The molecule has 0 aliphatic carbocycles. The fourth-order valence-electron chi connectivity index (χ4n) is 1.48. The van der Waals surface area contributed by atoms with Crippen LogP contribution in [-0.4, -0.2) is 23.9 Å². The molecule has 0 spiro atoms. The van der Waals surface area contributed by atoms with E-state index in [4.69, 9.17) is 22.6 Å². The maximum atomic E-state index is 12.1. The summed E-state index contributed by atoms with van der Waals surface area (Å²) in [6.07, 6.45) is 0.306. The van der Waals surface area contributed by atoms with E-state index in [2.05, 4.69) is 0 Å². The van der Waals surface area contributed by atoms with Crippen LogP contribution in [-0.2, 0) is 0 Å². The quantitative estimate of drug-likeness (QED) is 0.835. The summed E-state index contributed by atoms with van der Waals surface area (Å²) < 4.78 is 0. The van der Waals surface area contributed by atoms with Gasteiger partial charge in [-0.25, -0.2) is 0 Å². The van der Waals surface area contributed by atoms with Crippen LogP contribution in [0.15, 0.2) is 18.2 Å². The van der Waals surface area contributed by atoms with E-state index in [9.17, 15) is 4.79 Å². The summed E-state index contributed by atoms with van der Waals surface area (Å²) in [5, 5.41) is 8.90. The van der Waals surface area contributed by atoms with E-state index in [1.807, 2.05) is 13.0 Å². The number of nitriles is 1. The predicted molar refractivity (Wildman–Crippen MR) is 67.7 cm³/mol. The van der Waals surface area contributed by atoms with Crippen molar-refractivity contribution in [2.24, 2.45) is 0 Å². The van der Waals surface area contributed by atoms with Crippen LogP contribution in [0.25, 0.3) is 0 Å². The summed E-state index contributed by atoms with van der Waals surface area (Å²) in [4.78, 5) is 13.7. The van der Waals surface area contributed by atoms with Gasteiger partial charge in [-0.2, -0.15) is 5.26 Å². The van der Waals surface area contributed by atoms with Crippen LogP contribution < -0.4 is 5.73 Å². The van der Waals surface area contributed by atoms with Gasteiger partial charge >= 0.3 is 0 Å². The number of nitrogens with two attached hydrogens (primary N) is 1. The van der Waals surface area contributed by atoms with Crippen molar-refractivity contribution in [2.75, 3.05) is 18.8 Å². The average molecular weight is 252 g/mol. The molecule has 5 heteroatoms. The fourth-order valence-corrected chi connectivity index (χ4v) is 1.66. The van der Waals surface area contributed by atoms with Gasteiger partial charge in [0.15, 0.2) is 0 Å². The van der Waals surface area contributed by atoms with Crippen molar-refractivity contribution in [3.63, 3.8) is 0 Å². The van der Waals surface area contributed by atoms with E-state index in [0.717, 1.165) is 0 Å². The SMILES string of the molecule is CCN(CCC#N)C(=O)c1cccc(Cl)c1N. The Morgan fingerprint density at radius 1 is 1.59 bits per heavy atom. The number of amides is 1. The third-order valence-corrected chi connectivity index (χ3v) is 2.78. The number of anilines is 1. The first kappa shape index (κ1) is 13.3. The van der Waals surface area contributed by atoms with Gasteiger partial charge in [0.2, 0.25) is 0 Å². The van der Waals surface area contributed by atoms with Gasteiger partial charge in [-0.05, 0) is 19.1 Å². The summed E-state index contributed by atoms with van der Waals surface area (Å²) in [5.41, 5.74) is 6.43. The van der Waals surface area contributed by atoms with E-state index in [-0.39, 0.29) is 11.6 Å². The normalized spacial score (nSPS) is 9.71. The zero-order valence-electron chi connectivity index (χ0n) is 9.61. The number of rotatable bonds is 4. The van der Waals surface area contributed by atoms with Crippen molar-refractivity contribution in [1.82, 2.24) is 4.90 Å². The van der Waals surface area contributed by atoms with E-state index in [1.165, 1.54) is 0 Å². The molecule has 1 rings (SSSR count). The summed E-state index contributed by atoms with van der Waals surface area (Å²) in [6, 6.07) is 6.97. The van der Waals surface area contributed by atoms with Crippen LogP contribution >= 0.6 is 11.6 Å². The van der Waals surface area contributed by atoms with Gasteiger partial charge in [-0.3, -0.25) is 4.79 Å². The Morgan fingerprint density at radius 2 is 2.29 bits per heavy atom. The molecule has 0 unspecified atom stereocenters. The molecule has 90 valence electrons. The lowest BCUT2D eigenvalue weighted by atomic mass is 10.1. The molecule has 0 bridgehead atoms. The van der Waals surface area contributed by atoms with Crippen LogP contribution in [0, 0.1) is 11.3 Å². The van der Waals surface area contributed by atoms with Crippen molar-refractivity contribution in [3.8, 4) is 6.07 Å². The van der Waals surface area contributed by atoms with Crippen LogP contribution in [0.3, 0.4) is 0 Å². The van der Waals surface area contributed by atoms with Crippen molar-refractivity contribution in [2.45, 2.75) is 13.3 Å². The first-order chi connectivity index (χ1) is 8.11. The van der Waals surface area contributed by atoms with Crippen LogP contribution in [0.2, 0.25) is 5.02 Å². The van der Waals surface area contributed by atoms with Gasteiger partial charge in [0.05, 0.1) is 28.8 Å². The van der Waals surface area contributed by atoms with Gasteiger partial charge < -0.3 is 10.6 Å². The second-order valence-corrected chi connectivity index (χ2v) is 3.90. The average Bonchev–Trinajstić information content (AvgIpc) is 2.33.